The van der Waals surface area contributed by atoms with Crippen molar-refractivity contribution in [2.24, 2.45) is 0 Å². The molecule has 8 heteroatoms. The fourth-order valence-electron chi connectivity index (χ4n) is 3.20. The van der Waals surface area contributed by atoms with Crippen LogP contribution in [-0.4, -0.2) is 29.7 Å². The number of thioether (sulfide) groups is 1. The number of hydrogen-bond donors (Lipinski definition) is 2. The van der Waals surface area contributed by atoms with Crippen molar-refractivity contribution in [2.75, 3.05) is 23.5 Å². The molecule has 0 bridgehead atoms. The van der Waals surface area contributed by atoms with Gasteiger partial charge < -0.3 is 15.4 Å². The lowest BCUT2D eigenvalue weighted by Gasteiger charge is -2.08. The van der Waals surface area contributed by atoms with Gasteiger partial charge in [-0.15, -0.1) is 23.1 Å². The van der Waals surface area contributed by atoms with Crippen LogP contribution in [0, 0.1) is 6.92 Å². The van der Waals surface area contributed by atoms with Crippen LogP contribution in [0.15, 0.2) is 83.1 Å². The van der Waals surface area contributed by atoms with Gasteiger partial charge in [0, 0.05) is 27.1 Å². The van der Waals surface area contributed by atoms with Gasteiger partial charge in [-0.25, -0.2) is 4.98 Å². The normalized spacial score (nSPS) is 10.5. The van der Waals surface area contributed by atoms with E-state index in [1.807, 2.05) is 79.0 Å². The Labute approximate surface area is 206 Å². The lowest BCUT2D eigenvalue weighted by molar-refractivity contribution is -0.113. The molecule has 0 aliphatic carbocycles. The Morgan fingerprint density at radius 3 is 2.65 bits per heavy atom. The molecular weight excluding hydrogens is 466 g/mol. The largest absolute Gasteiger partial charge is 0.497 e. The third kappa shape index (κ3) is 6.24. The SMILES string of the molecule is COc1cccc(-c2csc(NC(=O)CSc3cccc(NC(=O)c4cccc(C)c4)c3)n2)c1. The number of thiazole rings is 1. The number of aromatic nitrogens is 1. The molecule has 1 heterocycles. The molecule has 4 aromatic rings. The Morgan fingerprint density at radius 1 is 1.00 bits per heavy atom. The van der Waals surface area contributed by atoms with Gasteiger partial charge in [0.1, 0.15) is 5.75 Å². The number of hydrogen-bond acceptors (Lipinski definition) is 6. The van der Waals surface area contributed by atoms with Crippen molar-refractivity contribution < 1.29 is 14.3 Å². The van der Waals surface area contributed by atoms with Gasteiger partial charge in [-0.05, 0) is 49.4 Å². The standard InChI is InChI=1S/C26H23N3O3S2/c1-17-6-3-8-19(12-17)25(31)27-20-9-5-11-22(14-20)33-16-24(30)29-26-28-23(15-34-26)18-7-4-10-21(13-18)32-2/h3-15H,16H2,1-2H3,(H,27,31)(H,28,29,30). The van der Waals surface area contributed by atoms with Gasteiger partial charge in [0.2, 0.25) is 5.91 Å². The van der Waals surface area contributed by atoms with E-state index in [4.69, 9.17) is 4.74 Å². The van der Waals surface area contributed by atoms with Crippen LogP contribution >= 0.6 is 23.1 Å². The van der Waals surface area contributed by atoms with E-state index >= 15 is 0 Å². The van der Waals surface area contributed by atoms with Crippen molar-refractivity contribution in [1.82, 2.24) is 4.98 Å². The van der Waals surface area contributed by atoms with Crippen LogP contribution in [0.2, 0.25) is 0 Å². The van der Waals surface area contributed by atoms with Crippen molar-refractivity contribution >= 4 is 45.7 Å². The molecule has 0 saturated heterocycles. The van der Waals surface area contributed by atoms with Gasteiger partial charge in [-0.2, -0.15) is 0 Å². The zero-order valence-electron chi connectivity index (χ0n) is 18.7. The quantitative estimate of drug-likeness (QED) is 0.292. The fraction of sp³-hybridized carbons (Fsp3) is 0.115. The van der Waals surface area contributed by atoms with Crippen molar-refractivity contribution in [3.05, 3.63) is 89.3 Å². The summed E-state index contributed by atoms with van der Waals surface area (Å²) < 4.78 is 5.26. The first kappa shape index (κ1) is 23.5. The predicted molar refractivity (Wildman–Crippen MR) is 139 cm³/mol. The van der Waals surface area contributed by atoms with Crippen molar-refractivity contribution in [3.63, 3.8) is 0 Å². The maximum atomic E-state index is 12.5. The maximum absolute atomic E-state index is 12.5. The number of nitrogens with one attached hydrogen (secondary N) is 2. The number of carbonyl (C=O) groups excluding carboxylic acids is 2. The Balaban J connectivity index is 1.32. The summed E-state index contributed by atoms with van der Waals surface area (Å²) in [6.07, 6.45) is 0. The Kier molecular flexibility index (Phi) is 7.61. The van der Waals surface area contributed by atoms with E-state index in [0.29, 0.717) is 16.4 Å². The molecule has 1 aromatic heterocycles. The lowest BCUT2D eigenvalue weighted by Crippen LogP contribution is -2.14. The number of benzene rings is 3. The molecule has 0 atom stereocenters. The first-order valence-electron chi connectivity index (χ1n) is 10.5. The van der Waals surface area contributed by atoms with Crippen LogP contribution in [0.1, 0.15) is 15.9 Å². The molecule has 0 aliphatic heterocycles. The predicted octanol–water partition coefficient (Wildman–Crippen LogP) is 6.11. The second-order valence-electron chi connectivity index (χ2n) is 7.46. The summed E-state index contributed by atoms with van der Waals surface area (Å²) in [5.41, 5.74) is 4.02. The zero-order chi connectivity index (χ0) is 23.9. The van der Waals surface area contributed by atoms with Crippen molar-refractivity contribution in [3.8, 4) is 17.0 Å². The third-order valence-electron chi connectivity index (χ3n) is 4.86. The summed E-state index contributed by atoms with van der Waals surface area (Å²) >= 11 is 2.77. The molecular formula is C26H23N3O3S2. The molecule has 0 fully saturated rings. The van der Waals surface area contributed by atoms with E-state index in [0.717, 1.165) is 27.5 Å². The minimum absolute atomic E-state index is 0.147. The molecule has 0 radical (unpaired) electrons. The van der Waals surface area contributed by atoms with E-state index < -0.39 is 0 Å². The molecule has 2 N–H and O–H groups in total. The number of methoxy groups -OCH3 is 1. The van der Waals surface area contributed by atoms with Crippen LogP contribution < -0.4 is 15.4 Å². The van der Waals surface area contributed by atoms with E-state index in [2.05, 4.69) is 15.6 Å². The highest BCUT2D eigenvalue weighted by molar-refractivity contribution is 8.00. The Bertz CT molecular complexity index is 1320. The maximum Gasteiger partial charge on any atom is 0.255 e. The van der Waals surface area contributed by atoms with Gasteiger partial charge in [0.15, 0.2) is 5.13 Å². The number of rotatable bonds is 8. The van der Waals surface area contributed by atoms with E-state index in [1.54, 1.807) is 13.2 Å². The highest BCUT2D eigenvalue weighted by Crippen LogP contribution is 2.28. The number of carbonyl (C=O) groups is 2. The van der Waals surface area contributed by atoms with Gasteiger partial charge in [-0.1, -0.05) is 35.9 Å². The smallest absolute Gasteiger partial charge is 0.255 e. The number of aryl methyl sites for hydroxylation is 1. The van der Waals surface area contributed by atoms with Crippen LogP contribution in [0.3, 0.4) is 0 Å². The fourth-order valence-corrected chi connectivity index (χ4v) is 4.69. The summed E-state index contributed by atoms with van der Waals surface area (Å²) in [6, 6.07) is 22.5. The Morgan fingerprint density at radius 2 is 1.82 bits per heavy atom. The van der Waals surface area contributed by atoms with Crippen molar-refractivity contribution in [2.45, 2.75) is 11.8 Å². The molecule has 172 valence electrons. The lowest BCUT2D eigenvalue weighted by atomic mass is 10.1. The molecule has 0 aliphatic rings. The number of nitrogens with zero attached hydrogens (tertiary/aromatic N) is 1. The molecule has 6 nitrogen and oxygen atoms in total. The number of anilines is 2. The minimum Gasteiger partial charge on any atom is -0.497 e. The average molecular weight is 490 g/mol. The van der Waals surface area contributed by atoms with E-state index in [-0.39, 0.29) is 17.6 Å². The molecule has 0 saturated carbocycles. The average Bonchev–Trinajstić information content (AvgIpc) is 3.31. The molecule has 0 spiro atoms. The topological polar surface area (TPSA) is 80.3 Å². The Hall–Kier alpha value is -3.62. The highest BCUT2D eigenvalue weighted by Gasteiger charge is 2.11. The highest BCUT2D eigenvalue weighted by atomic mass is 32.2. The second-order valence-corrected chi connectivity index (χ2v) is 9.36. The van der Waals surface area contributed by atoms with E-state index in [1.165, 1.54) is 23.1 Å². The summed E-state index contributed by atoms with van der Waals surface area (Å²) in [5, 5.41) is 8.21. The van der Waals surface area contributed by atoms with Crippen LogP contribution in [-0.2, 0) is 4.79 Å². The second kappa shape index (κ2) is 11.0. The summed E-state index contributed by atoms with van der Waals surface area (Å²) in [6.45, 7) is 1.95. The minimum atomic E-state index is -0.167. The third-order valence-corrected chi connectivity index (χ3v) is 6.61. The van der Waals surface area contributed by atoms with Crippen molar-refractivity contribution in [1.29, 1.82) is 0 Å². The first-order chi connectivity index (χ1) is 16.5. The summed E-state index contributed by atoms with van der Waals surface area (Å²) in [5.74, 6) is 0.665. The van der Waals surface area contributed by atoms with Gasteiger partial charge in [0.05, 0.1) is 18.6 Å². The molecule has 3 aromatic carbocycles. The molecule has 0 unspecified atom stereocenters. The zero-order valence-corrected chi connectivity index (χ0v) is 20.3. The van der Waals surface area contributed by atoms with Crippen LogP contribution in [0.5, 0.6) is 5.75 Å². The van der Waals surface area contributed by atoms with Crippen LogP contribution in [0.4, 0.5) is 10.8 Å². The van der Waals surface area contributed by atoms with Gasteiger partial charge in [-0.3, -0.25) is 9.59 Å². The van der Waals surface area contributed by atoms with E-state index in [9.17, 15) is 9.59 Å². The monoisotopic (exact) mass is 489 g/mol. The molecule has 2 amide bonds. The van der Waals surface area contributed by atoms with Crippen LogP contribution in [0.25, 0.3) is 11.3 Å². The summed E-state index contributed by atoms with van der Waals surface area (Å²) in [7, 11) is 1.62. The molecule has 4 rings (SSSR count). The van der Waals surface area contributed by atoms with Gasteiger partial charge >= 0.3 is 0 Å². The number of amides is 2. The number of ether oxygens (including phenoxy) is 1. The first-order valence-corrected chi connectivity index (χ1v) is 12.4. The van der Waals surface area contributed by atoms with Gasteiger partial charge in [0.25, 0.3) is 5.91 Å². The molecule has 34 heavy (non-hydrogen) atoms. The summed E-state index contributed by atoms with van der Waals surface area (Å²) in [4.78, 5) is 30.3.